The zero-order chi connectivity index (χ0) is 32.7. The molecular weight excluding hydrogens is 572 g/mol. The van der Waals surface area contributed by atoms with Crippen molar-refractivity contribution >= 4 is 0 Å². The Balaban J connectivity index is 1.25. The molecule has 2 aliphatic heterocycles. The summed E-state index contributed by atoms with van der Waals surface area (Å²) in [5, 5.41) is 41.1. The van der Waals surface area contributed by atoms with Crippen LogP contribution in [-0.2, 0) is 18.9 Å². The Morgan fingerprint density at radius 2 is 1.71 bits per heavy atom. The van der Waals surface area contributed by atoms with E-state index in [9.17, 15) is 20.4 Å². The highest BCUT2D eigenvalue weighted by atomic mass is 16.7. The molecular formula is C37H60O8. The zero-order valence-corrected chi connectivity index (χ0v) is 28.9. The van der Waals surface area contributed by atoms with Gasteiger partial charge in [0, 0.05) is 23.9 Å². The van der Waals surface area contributed by atoms with E-state index in [1.807, 2.05) is 7.11 Å². The van der Waals surface area contributed by atoms with Crippen molar-refractivity contribution in [2.45, 2.75) is 142 Å². The topological polar surface area (TPSA) is 118 Å². The average molecular weight is 633 g/mol. The van der Waals surface area contributed by atoms with Crippen molar-refractivity contribution in [3.63, 3.8) is 0 Å². The second-order valence-corrected chi connectivity index (χ2v) is 17.0. The number of aliphatic hydroxyl groups is 4. The molecule has 0 amide bonds. The lowest BCUT2D eigenvalue weighted by molar-refractivity contribution is -0.329. The highest BCUT2D eigenvalue weighted by Crippen LogP contribution is 2.77. The van der Waals surface area contributed by atoms with E-state index in [-0.39, 0.29) is 28.5 Å². The van der Waals surface area contributed by atoms with Gasteiger partial charge in [-0.2, -0.15) is 0 Å². The summed E-state index contributed by atoms with van der Waals surface area (Å²) >= 11 is 0. The molecule has 4 aliphatic carbocycles. The van der Waals surface area contributed by atoms with Gasteiger partial charge >= 0.3 is 0 Å². The quantitative estimate of drug-likeness (QED) is 0.283. The van der Waals surface area contributed by atoms with Crippen molar-refractivity contribution in [2.24, 2.45) is 45.3 Å². The first kappa shape index (κ1) is 34.0. The highest BCUT2D eigenvalue weighted by molar-refractivity contribution is 5.33. The van der Waals surface area contributed by atoms with Crippen molar-refractivity contribution < 1.29 is 39.4 Å². The third-order valence-electron chi connectivity index (χ3n) is 14.6. The Morgan fingerprint density at radius 3 is 2.38 bits per heavy atom. The van der Waals surface area contributed by atoms with Crippen molar-refractivity contribution in [1.29, 1.82) is 0 Å². The van der Waals surface area contributed by atoms with E-state index in [1.165, 1.54) is 31.3 Å². The first-order valence-electron chi connectivity index (χ1n) is 17.6. The molecule has 45 heavy (non-hydrogen) atoms. The molecule has 0 unspecified atom stereocenters. The van der Waals surface area contributed by atoms with E-state index in [0.29, 0.717) is 23.7 Å². The van der Waals surface area contributed by atoms with Gasteiger partial charge in [0.25, 0.3) is 0 Å². The minimum Gasteiger partial charge on any atom is -0.394 e. The zero-order valence-electron chi connectivity index (χ0n) is 28.9. The molecule has 1 spiro atoms. The summed E-state index contributed by atoms with van der Waals surface area (Å²) in [5.74, 6) is 2.06. The molecule has 0 aromatic carbocycles. The van der Waals surface area contributed by atoms with Gasteiger partial charge in [0.15, 0.2) is 6.29 Å². The van der Waals surface area contributed by atoms with Crippen LogP contribution >= 0.6 is 0 Å². The van der Waals surface area contributed by atoms with Crippen molar-refractivity contribution in [1.82, 2.24) is 0 Å². The molecule has 4 N–H and O–H groups in total. The van der Waals surface area contributed by atoms with Crippen LogP contribution in [0.1, 0.15) is 93.4 Å². The van der Waals surface area contributed by atoms with E-state index in [4.69, 9.17) is 18.9 Å². The molecule has 0 radical (unpaired) electrons. The summed E-state index contributed by atoms with van der Waals surface area (Å²) < 4.78 is 25.2. The molecule has 0 aromatic rings. The third kappa shape index (κ3) is 4.74. The molecule has 2 bridgehead atoms. The van der Waals surface area contributed by atoms with E-state index >= 15 is 0 Å². The van der Waals surface area contributed by atoms with E-state index in [0.717, 1.165) is 25.9 Å². The summed E-state index contributed by atoms with van der Waals surface area (Å²) in [6.07, 6.45) is 8.34. The van der Waals surface area contributed by atoms with Gasteiger partial charge in [-0.05, 0) is 87.4 Å². The molecule has 2 saturated heterocycles. The smallest absolute Gasteiger partial charge is 0.186 e. The second-order valence-electron chi connectivity index (χ2n) is 17.0. The Labute approximate surface area is 270 Å². The number of allylic oxidation sites excluding steroid dienone is 2. The minimum atomic E-state index is -1.46. The summed E-state index contributed by atoms with van der Waals surface area (Å²) in [4.78, 5) is 0. The van der Waals surface area contributed by atoms with Crippen LogP contribution in [0.5, 0.6) is 0 Å². The van der Waals surface area contributed by atoms with Crippen molar-refractivity contribution in [3.8, 4) is 0 Å². The number of rotatable bonds is 8. The molecule has 5 fully saturated rings. The number of hydrogen-bond acceptors (Lipinski definition) is 8. The lowest BCUT2D eigenvalue weighted by atomic mass is 9.38. The van der Waals surface area contributed by atoms with Crippen LogP contribution in [0.3, 0.4) is 0 Å². The van der Waals surface area contributed by atoms with Gasteiger partial charge in [-0.1, -0.05) is 58.4 Å². The van der Waals surface area contributed by atoms with Crippen LogP contribution in [0.25, 0.3) is 0 Å². The number of aliphatic hydroxyl groups excluding tert-OH is 4. The summed E-state index contributed by atoms with van der Waals surface area (Å²) in [6, 6.07) is 0. The van der Waals surface area contributed by atoms with Crippen LogP contribution in [0.2, 0.25) is 0 Å². The van der Waals surface area contributed by atoms with Gasteiger partial charge in [-0.15, -0.1) is 0 Å². The fourth-order valence-electron chi connectivity index (χ4n) is 11.9. The lowest BCUT2D eigenvalue weighted by Gasteiger charge is -2.65. The normalized spacial score (nSPS) is 51.2. The van der Waals surface area contributed by atoms with E-state index in [1.54, 1.807) is 0 Å². The first-order valence-corrected chi connectivity index (χ1v) is 17.6. The molecule has 256 valence electrons. The van der Waals surface area contributed by atoms with Crippen LogP contribution in [0.4, 0.5) is 0 Å². The summed E-state index contributed by atoms with van der Waals surface area (Å²) in [6.45, 7) is 16.6. The maximum absolute atomic E-state index is 10.7. The van der Waals surface area contributed by atoms with Gasteiger partial charge in [-0.25, -0.2) is 0 Å². The minimum absolute atomic E-state index is 0.0869. The fraction of sp³-hybridized carbons (Fsp3) is 0.892. The Kier molecular flexibility index (Phi) is 8.81. The Bertz CT molecular complexity index is 1160. The monoisotopic (exact) mass is 632 g/mol. The van der Waals surface area contributed by atoms with E-state index < -0.39 is 48.3 Å². The molecule has 0 aromatic heterocycles. The lowest BCUT2D eigenvalue weighted by Crippen LogP contribution is -2.66. The van der Waals surface area contributed by atoms with Gasteiger partial charge in [-0.3, -0.25) is 0 Å². The molecule has 15 atom stereocenters. The molecule has 6 rings (SSSR count). The van der Waals surface area contributed by atoms with Gasteiger partial charge in [0.05, 0.1) is 31.0 Å². The van der Waals surface area contributed by atoms with Crippen LogP contribution < -0.4 is 0 Å². The van der Waals surface area contributed by atoms with Crippen LogP contribution in [0.15, 0.2) is 23.8 Å². The second kappa shape index (κ2) is 11.6. The number of fused-ring (bicyclic) bond motifs is 2. The van der Waals surface area contributed by atoms with Crippen molar-refractivity contribution in [2.75, 3.05) is 20.3 Å². The maximum atomic E-state index is 10.7. The highest BCUT2D eigenvalue weighted by Gasteiger charge is 2.75. The first-order chi connectivity index (χ1) is 21.1. The van der Waals surface area contributed by atoms with Crippen LogP contribution in [0, 0.1) is 45.3 Å². The Hall–Kier alpha value is -0.840. The molecule has 2 heterocycles. The van der Waals surface area contributed by atoms with Crippen molar-refractivity contribution in [3.05, 3.63) is 23.8 Å². The molecule has 3 saturated carbocycles. The molecule has 8 nitrogen and oxygen atoms in total. The molecule has 6 aliphatic rings. The predicted octanol–water partition coefficient (Wildman–Crippen LogP) is 4.77. The van der Waals surface area contributed by atoms with Gasteiger partial charge in [0.1, 0.15) is 24.4 Å². The summed E-state index contributed by atoms with van der Waals surface area (Å²) in [5.41, 5.74) is 0.902. The average Bonchev–Trinajstić information content (AvgIpc) is 3.39. The third-order valence-corrected chi connectivity index (χ3v) is 14.6. The molecule has 8 heteroatoms. The SMILES string of the molecule is CO[C@@H](C=C(C)C)C[C@@H](C)[C@H]1CC[C@@]2(C)[C@@H]3C=C[C@@]45OC[C@]3(CC[C@]12C)[C@@H]4CC[C@H](O[C@@H]1O[C@H](CO)[C@@H](O)[C@H](O)[C@H]1O)C5(C)C. The number of hydrogen-bond donors (Lipinski definition) is 4. The number of ether oxygens (including phenoxy) is 4. The standard InChI is InChI=1S/C37H60O8/c1-21(2)17-23(42-8)18-22(3)24-11-13-35(7)26-12-14-37-27(36(26,20-43-37)16-15-34(24,35)6)9-10-28(33(37,4)5)45-32-31(41)30(40)29(39)25(19-38)44-32/h12,14,17,22-32,38-41H,9-11,13,15-16,18-20H2,1-8H3/t22-,23+,24-,25-,26+,27+,28+,29-,30+,31-,32+,34-,35+,36+,37-/m1/s1. The fourth-order valence-corrected chi connectivity index (χ4v) is 11.9. The van der Waals surface area contributed by atoms with E-state index in [2.05, 4.69) is 66.7 Å². The largest absolute Gasteiger partial charge is 0.394 e. The van der Waals surface area contributed by atoms with Gasteiger partial charge < -0.3 is 39.4 Å². The number of methoxy groups -OCH3 is 1. The predicted molar refractivity (Wildman–Crippen MR) is 171 cm³/mol. The Morgan fingerprint density at radius 1 is 0.978 bits per heavy atom. The van der Waals surface area contributed by atoms with Crippen LogP contribution in [-0.4, -0.2) is 89.3 Å². The maximum Gasteiger partial charge on any atom is 0.186 e. The van der Waals surface area contributed by atoms with Gasteiger partial charge in [0.2, 0.25) is 0 Å². The summed E-state index contributed by atoms with van der Waals surface area (Å²) in [7, 11) is 1.84.